The third-order valence-electron chi connectivity index (χ3n) is 9.91. The van der Waals surface area contributed by atoms with Crippen molar-refractivity contribution >= 4 is 32.7 Å². The number of H-pyrrole nitrogens is 1. The summed E-state index contributed by atoms with van der Waals surface area (Å²) in [6.07, 6.45) is 2.94. The predicted molar refractivity (Wildman–Crippen MR) is 187 cm³/mol. The van der Waals surface area contributed by atoms with Gasteiger partial charge in [-0.1, -0.05) is 6.07 Å². The van der Waals surface area contributed by atoms with Crippen LogP contribution in [0.15, 0.2) is 46.0 Å². The molecule has 2 aromatic carbocycles. The van der Waals surface area contributed by atoms with Crippen LogP contribution >= 0.6 is 0 Å². The molecular formula is C35H44N6O6S. The first-order valence-corrected chi connectivity index (χ1v) is 18.3. The molecule has 13 heteroatoms. The van der Waals surface area contributed by atoms with Crippen molar-refractivity contribution in [1.29, 1.82) is 0 Å². The largest absolute Gasteiger partial charge is 0.381 e. The molecule has 0 spiro atoms. The van der Waals surface area contributed by atoms with Crippen molar-refractivity contribution in [3.8, 4) is 11.1 Å². The highest BCUT2D eigenvalue weighted by atomic mass is 32.2. The summed E-state index contributed by atoms with van der Waals surface area (Å²) in [7, 11) is -1.60. The maximum absolute atomic E-state index is 13.9. The number of rotatable bonds is 9. The Balaban J connectivity index is 1.41. The number of aromatic nitrogens is 3. The third-order valence-corrected chi connectivity index (χ3v) is 11.1. The van der Waals surface area contributed by atoms with Crippen molar-refractivity contribution in [2.24, 2.45) is 7.05 Å². The maximum Gasteiger partial charge on any atom is 0.329 e. The number of hydrogen-bond donors (Lipinski definition) is 2. The molecule has 2 aromatic heterocycles. The predicted octanol–water partition coefficient (Wildman–Crippen LogP) is 3.37. The molecule has 2 N–H and O–H groups in total. The number of nitrogens with zero attached hydrogens (tertiary/aromatic N) is 4. The number of benzene rings is 2. The summed E-state index contributed by atoms with van der Waals surface area (Å²) in [6, 6.07) is 11.7. The van der Waals surface area contributed by atoms with Crippen molar-refractivity contribution in [3.05, 3.63) is 85.2 Å². The van der Waals surface area contributed by atoms with E-state index in [0.717, 1.165) is 58.5 Å². The number of nitrogens with one attached hydrogen (secondary N) is 2. The van der Waals surface area contributed by atoms with Crippen LogP contribution in [0.1, 0.15) is 58.5 Å². The van der Waals surface area contributed by atoms with E-state index in [2.05, 4.69) is 28.2 Å². The van der Waals surface area contributed by atoms with E-state index in [1.807, 2.05) is 51.1 Å². The number of imidazole rings is 1. The molecule has 2 aliphatic rings. The van der Waals surface area contributed by atoms with Crippen LogP contribution in [0, 0.1) is 20.8 Å². The van der Waals surface area contributed by atoms with Crippen LogP contribution in [0.25, 0.3) is 22.2 Å². The molecule has 4 aromatic rings. The molecule has 0 saturated carbocycles. The Morgan fingerprint density at radius 3 is 2.38 bits per heavy atom. The Morgan fingerprint density at radius 2 is 1.73 bits per heavy atom. The molecule has 0 aliphatic carbocycles. The topological polar surface area (TPSA) is 139 Å². The normalized spacial score (nSPS) is 16.3. The SMILES string of the molecule is CCN(c1cc(-c2ccc3c(c2)n(C)c(=O)n3C2CN(S(C)(=O)=O)C2)cc(C(=O)NCc2c(C)cc(C)[nH]c2=O)c1C)C1CCOCC1. The number of carbonyl (C=O) groups excluding carboxylic acids is 1. The summed E-state index contributed by atoms with van der Waals surface area (Å²) in [5.74, 6) is -0.280. The number of ether oxygens (including phenoxy) is 1. The Labute approximate surface area is 280 Å². The molecular weight excluding hydrogens is 632 g/mol. The van der Waals surface area contributed by atoms with E-state index in [0.29, 0.717) is 29.9 Å². The van der Waals surface area contributed by atoms with Crippen LogP contribution < -0.4 is 21.5 Å². The molecule has 0 radical (unpaired) electrons. The zero-order chi connectivity index (χ0) is 34.5. The van der Waals surface area contributed by atoms with E-state index in [4.69, 9.17) is 4.74 Å². The highest BCUT2D eigenvalue weighted by molar-refractivity contribution is 7.88. The van der Waals surface area contributed by atoms with Gasteiger partial charge in [0.15, 0.2) is 0 Å². The second-order valence-electron chi connectivity index (χ2n) is 13.1. The van der Waals surface area contributed by atoms with E-state index in [-0.39, 0.29) is 48.9 Å². The van der Waals surface area contributed by atoms with Gasteiger partial charge in [0.2, 0.25) is 10.0 Å². The molecule has 1 amide bonds. The minimum absolute atomic E-state index is 0.0935. The smallest absolute Gasteiger partial charge is 0.329 e. The first-order valence-electron chi connectivity index (χ1n) is 16.4. The number of anilines is 1. The van der Waals surface area contributed by atoms with Gasteiger partial charge in [-0.2, -0.15) is 4.31 Å². The number of pyridine rings is 1. The molecule has 48 heavy (non-hydrogen) atoms. The fourth-order valence-electron chi connectivity index (χ4n) is 7.13. The van der Waals surface area contributed by atoms with Gasteiger partial charge in [-0.15, -0.1) is 0 Å². The average molecular weight is 677 g/mol. The van der Waals surface area contributed by atoms with Crippen molar-refractivity contribution in [3.63, 3.8) is 0 Å². The lowest BCUT2D eigenvalue weighted by molar-refractivity contribution is 0.0846. The quantitative estimate of drug-likeness (QED) is 0.277. The van der Waals surface area contributed by atoms with Crippen molar-refractivity contribution in [1.82, 2.24) is 23.7 Å². The second-order valence-corrected chi connectivity index (χ2v) is 15.1. The fraction of sp³-hybridized carbons (Fsp3) is 0.457. The highest BCUT2D eigenvalue weighted by Gasteiger charge is 2.36. The lowest BCUT2D eigenvalue weighted by Gasteiger charge is -2.37. The Hall–Kier alpha value is -4.20. The van der Waals surface area contributed by atoms with Gasteiger partial charge in [0.05, 0.1) is 23.3 Å². The van der Waals surface area contributed by atoms with Crippen molar-refractivity contribution in [2.75, 3.05) is 44.0 Å². The Kier molecular flexibility index (Phi) is 9.14. The van der Waals surface area contributed by atoms with Gasteiger partial charge < -0.3 is 19.9 Å². The number of amides is 1. The molecule has 0 bridgehead atoms. The fourth-order valence-corrected chi connectivity index (χ4v) is 8.02. The number of carbonyl (C=O) groups is 1. The molecule has 6 rings (SSSR count). The minimum Gasteiger partial charge on any atom is -0.381 e. The van der Waals surface area contributed by atoms with Crippen LogP contribution in [0.3, 0.4) is 0 Å². The summed E-state index contributed by atoms with van der Waals surface area (Å²) in [4.78, 5) is 45.2. The molecule has 2 fully saturated rings. The summed E-state index contributed by atoms with van der Waals surface area (Å²) in [5, 5.41) is 3.00. The molecule has 0 atom stereocenters. The molecule has 4 heterocycles. The third kappa shape index (κ3) is 6.22. The van der Waals surface area contributed by atoms with Crippen LogP contribution in [0.4, 0.5) is 5.69 Å². The molecule has 0 unspecified atom stereocenters. The van der Waals surface area contributed by atoms with E-state index >= 15 is 0 Å². The number of sulfonamides is 1. The minimum atomic E-state index is -3.32. The summed E-state index contributed by atoms with van der Waals surface area (Å²) in [5.41, 5.74) is 7.10. The first kappa shape index (κ1) is 33.7. The van der Waals surface area contributed by atoms with Crippen LogP contribution in [0.2, 0.25) is 0 Å². The lowest BCUT2D eigenvalue weighted by Crippen LogP contribution is -2.52. The molecule has 256 valence electrons. The number of fused-ring (bicyclic) bond motifs is 1. The first-order chi connectivity index (χ1) is 22.8. The maximum atomic E-state index is 13.9. The lowest BCUT2D eigenvalue weighted by atomic mass is 9.95. The van der Waals surface area contributed by atoms with E-state index in [1.54, 1.807) is 16.2 Å². The highest BCUT2D eigenvalue weighted by Crippen LogP contribution is 2.35. The van der Waals surface area contributed by atoms with Gasteiger partial charge in [0, 0.05) is 75.0 Å². The number of hydrogen-bond acceptors (Lipinski definition) is 7. The van der Waals surface area contributed by atoms with E-state index in [9.17, 15) is 22.8 Å². The van der Waals surface area contributed by atoms with Gasteiger partial charge in [0.1, 0.15) is 0 Å². The van der Waals surface area contributed by atoms with E-state index in [1.165, 1.54) is 10.6 Å². The second kappa shape index (κ2) is 13.0. The van der Waals surface area contributed by atoms with Crippen LogP contribution in [-0.2, 0) is 28.4 Å². The van der Waals surface area contributed by atoms with Gasteiger partial charge in [-0.3, -0.25) is 18.7 Å². The Morgan fingerprint density at radius 1 is 1.02 bits per heavy atom. The zero-order valence-electron chi connectivity index (χ0n) is 28.4. The zero-order valence-corrected chi connectivity index (χ0v) is 29.2. The van der Waals surface area contributed by atoms with Gasteiger partial charge in [-0.05, 0) is 93.1 Å². The summed E-state index contributed by atoms with van der Waals surface area (Å²) in [6.45, 7) is 10.5. The molecule has 2 aliphatic heterocycles. The number of aromatic amines is 1. The molecule has 12 nitrogen and oxygen atoms in total. The standard InChI is InChI=1S/C35H44N6O6S/c1-7-40(26-10-12-47-13-11-26)31-17-25(15-28(23(31)4)33(42)36-18-29-21(2)14-22(3)37-34(29)43)24-8-9-30-32(16-24)38(5)35(44)41(30)27-19-39(20-27)48(6,45)46/h8-9,14-17,26-27H,7,10-13,18-20H2,1-6H3,(H,36,42)(H,37,43). The average Bonchev–Trinajstić information content (AvgIpc) is 3.25. The summed E-state index contributed by atoms with van der Waals surface area (Å²) < 4.78 is 34.2. The van der Waals surface area contributed by atoms with Gasteiger partial charge >= 0.3 is 5.69 Å². The number of aryl methyl sites for hydroxylation is 3. The Bertz CT molecular complexity index is 2120. The van der Waals surface area contributed by atoms with Gasteiger partial charge in [-0.25, -0.2) is 13.2 Å². The molecule has 2 saturated heterocycles. The summed E-state index contributed by atoms with van der Waals surface area (Å²) >= 11 is 0. The van der Waals surface area contributed by atoms with Crippen LogP contribution in [0.5, 0.6) is 0 Å². The van der Waals surface area contributed by atoms with Crippen molar-refractivity contribution < 1.29 is 17.9 Å². The van der Waals surface area contributed by atoms with Crippen LogP contribution in [-0.4, -0.2) is 77.9 Å². The van der Waals surface area contributed by atoms with Crippen molar-refractivity contribution in [2.45, 2.75) is 59.2 Å². The monoisotopic (exact) mass is 676 g/mol. The van der Waals surface area contributed by atoms with E-state index < -0.39 is 10.0 Å². The van der Waals surface area contributed by atoms with Gasteiger partial charge in [0.25, 0.3) is 11.5 Å².